The maximum absolute atomic E-state index is 12.0. The summed E-state index contributed by atoms with van der Waals surface area (Å²) in [6.07, 6.45) is 0. The molecule has 0 atom stereocenters. The normalized spacial score (nSPS) is 10.3. The zero-order valence-electron chi connectivity index (χ0n) is 12.1. The van der Waals surface area contributed by atoms with E-state index < -0.39 is 4.92 Å². The van der Waals surface area contributed by atoms with E-state index in [0.29, 0.717) is 16.9 Å². The summed E-state index contributed by atoms with van der Waals surface area (Å²) < 4.78 is 1.25. The van der Waals surface area contributed by atoms with Gasteiger partial charge in [0, 0.05) is 11.3 Å². The Balaban J connectivity index is 2.09. The molecule has 0 bridgehead atoms. The van der Waals surface area contributed by atoms with E-state index >= 15 is 0 Å². The molecule has 8 nitrogen and oxygen atoms in total. The highest BCUT2D eigenvalue weighted by Crippen LogP contribution is 2.13. The standard InChI is InChI=1S/C14H14N4O4/c1-9-6-13(18(21)22)16-17(9)8-14(20)15-12-5-3-4-11(7-12)10(2)19/h3-7H,8H2,1-2H3,(H,15,20). The highest BCUT2D eigenvalue weighted by Gasteiger charge is 2.17. The molecule has 0 unspecified atom stereocenters. The molecule has 22 heavy (non-hydrogen) atoms. The number of nitrogens with zero attached hydrogens (tertiary/aromatic N) is 3. The number of carbonyl (C=O) groups excluding carboxylic acids is 2. The number of anilines is 1. The first-order valence-corrected chi connectivity index (χ1v) is 6.46. The van der Waals surface area contributed by atoms with Gasteiger partial charge in [-0.3, -0.25) is 9.59 Å². The zero-order valence-corrected chi connectivity index (χ0v) is 12.1. The molecule has 114 valence electrons. The number of benzene rings is 1. The first-order chi connectivity index (χ1) is 10.4. The second-order valence-electron chi connectivity index (χ2n) is 4.74. The molecule has 0 saturated carbocycles. The summed E-state index contributed by atoms with van der Waals surface area (Å²) in [6.45, 7) is 2.92. The number of amides is 1. The summed E-state index contributed by atoms with van der Waals surface area (Å²) in [7, 11) is 0. The van der Waals surface area contributed by atoms with Crippen molar-refractivity contribution < 1.29 is 14.5 Å². The van der Waals surface area contributed by atoms with Crippen LogP contribution in [-0.2, 0) is 11.3 Å². The second-order valence-corrected chi connectivity index (χ2v) is 4.74. The van der Waals surface area contributed by atoms with E-state index in [4.69, 9.17) is 0 Å². The first-order valence-electron chi connectivity index (χ1n) is 6.46. The minimum Gasteiger partial charge on any atom is -0.358 e. The fourth-order valence-electron chi connectivity index (χ4n) is 1.89. The lowest BCUT2D eigenvalue weighted by atomic mass is 10.1. The average Bonchev–Trinajstić information content (AvgIpc) is 2.80. The number of hydrogen-bond acceptors (Lipinski definition) is 5. The third kappa shape index (κ3) is 3.54. The Bertz CT molecular complexity index is 751. The molecule has 1 amide bonds. The van der Waals surface area contributed by atoms with Crippen LogP contribution in [0.25, 0.3) is 0 Å². The topological polar surface area (TPSA) is 107 Å². The summed E-state index contributed by atoms with van der Waals surface area (Å²) >= 11 is 0. The molecule has 1 aromatic carbocycles. The van der Waals surface area contributed by atoms with E-state index in [1.165, 1.54) is 17.7 Å². The maximum Gasteiger partial charge on any atom is 0.390 e. The molecule has 0 spiro atoms. The number of hydrogen-bond donors (Lipinski definition) is 1. The highest BCUT2D eigenvalue weighted by molar-refractivity contribution is 5.97. The van der Waals surface area contributed by atoms with E-state index in [1.807, 2.05) is 0 Å². The summed E-state index contributed by atoms with van der Waals surface area (Å²) in [5.74, 6) is -0.791. The predicted octanol–water partition coefficient (Wildman–Crippen LogP) is 1.94. The van der Waals surface area contributed by atoms with Crippen molar-refractivity contribution >= 4 is 23.2 Å². The Labute approximate surface area is 125 Å². The van der Waals surface area contributed by atoms with Crippen molar-refractivity contribution in [3.8, 4) is 0 Å². The van der Waals surface area contributed by atoms with Crippen LogP contribution in [0.5, 0.6) is 0 Å². The first kappa shape index (κ1) is 15.4. The fraction of sp³-hybridized carbons (Fsp3) is 0.214. The van der Waals surface area contributed by atoms with Crippen molar-refractivity contribution in [2.75, 3.05) is 5.32 Å². The molecular weight excluding hydrogens is 288 g/mol. The van der Waals surface area contributed by atoms with Crippen LogP contribution in [0.2, 0.25) is 0 Å². The molecule has 0 aliphatic rings. The highest BCUT2D eigenvalue weighted by atomic mass is 16.6. The lowest BCUT2D eigenvalue weighted by Crippen LogP contribution is -2.20. The van der Waals surface area contributed by atoms with Crippen LogP contribution in [0.4, 0.5) is 11.5 Å². The summed E-state index contributed by atoms with van der Waals surface area (Å²) in [6, 6.07) is 7.83. The third-order valence-electron chi connectivity index (χ3n) is 3.00. The molecule has 0 aliphatic carbocycles. The number of aryl methyl sites for hydroxylation is 1. The van der Waals surface area contributed by atoms with Gasteiger partial charge in [-0.05, 0) is 30.9 Å². The van der Waals surface area contributed by atoms with Crippen LogP contribution in [-0.4, -0.2) is 26.4 Å². The molecule has 8 heteroatoms. The van der Waals surface area contributed by atoms with E-state index in [9.17, 15) is 19.7 Å². The number of Topliss-reactive ketones (excluding diaryl/α,β-unsaturated/α-hetero) is 1. The van der Waals surface area contributed by atoms with E-state index in [-0.39, 0.29) is 24.1 Å². The fourth-order valence-corrected chi connectivity index (χ4v) is 1.89. The third-order valence-corrected chi connectivity index (χ3v) is 3.00. The summed E-state index contributed by atoms with van der Waals surface area (Å²) in [5.41, 5.74) is 1.49. The lowest BCUT2D eigenvalue weighted by Gasteiger charge is -2.06. The SMILES string of the molecule is CC(=O)c1cccc(NC(=O)Cn2nc([N+](=O)[O-])cc2C)c1. The van der Waals surface area contributed by atoms with Crippen LogP contribution in [0.15, 0.2) is 30.3 Å². The molecule has 0 radical (unpaired) electrons. The van der Waals surface area contributed by atoms with Gasteiger partial charge >= 0.3 is 5.82 Å². The molecule has 2 rings (SSSR count). The van der Waals surface area contributed by atoms with Gasteiger partial charge in [-0.2, -0.15) is 4.68 Å². The van der Waals surface area contributed by atoms with Gasteiger partial charge in [-0.25, -0.2) is 0 Å². The number of ketones is 1. The zero-order chi connectivity index (χ0) is 16.3. The molecular formula is C14H14N4O4. The average molecular weight is 302 g/mol. The maximum atomic E-state index is 12.0. The Morgan fingerprint density at radius 1 is 1.36 bits per heavy atom. The van der Waals surface area contributed by atoms with E-state index in [1.54, 1.807) is 31.2 Å². The van der Waals surface area contributed by atoms with Gasteiger partial charge in [0.1, 0.15) is 6.54 Å². The number of aromatic nitrogens is 2. The molecule has 1 heterocycles. The van der Waals surface area contributed by atoms with E-state index in [2.05, 4.69) is 10.4 Å². The summed E-state index contributed by atoms with van der Waals surface area (Å²) in [5, 5.41) is 17.0. The van der Waals surface area contributed by atoms with Gasteiger partial charge in [0.2, 0.25) is 5.91 Å². The minimum atomic E-state index is -0.613. The number of nitro groups is 1. The van der Waals surface area contributed by atoms with Gasteiger partial charge < -0.3 is 15.4 Å². The number of rotatable bonds is 5. The smallest absolute Gasteiger partial charge is 0.358 e. The Morgan fingerprint density at radius 2 is 2.09 bits per heavy atom. The van der Waals surface area contributed by atoms with Crippen LogP contribution in [0.3, 0.4) is 0 Å². The monoisotopic (exact) mass is 302 g/mol. The molecule has 2 aromatic rings. The van der Waals surface area contributed by atoms with Crippen molar-refractivity contribution in [1.82, 2.24) is 9.78 Å². The molecule has 0 aliphatic heterocycles. The van der Waals surface area contributed by atoms with Crippen LogP contribution < -0.4 is 5.32 Å². The number of carbonyl (C=O) groups is 2. The van der Waals surface area contributed by atoms with E-state index in [0.717, 1.165) is 0 Å². The van der Waals surface area contributed by atoms with Crippen molar-refractivity contribution in [1.29, 1.82) is 0 Å². The van der Waals surface area contributed by atoms with Gasteiger partial charge in [-0.15, -0.1) is 0 Å². The lowest BCUT2D eigenvalue weighted by molar-refractivity contribution is -0.389. The Kier molecular flexibility index (Phi) is 4.31. The van der Waals surface area contributed by atoms with Gasteiger partial charge in [-0.1, -0.05) is 12.1 Å². The Morgan fingerprint density at radius 3 is 2.68 bits per heavy atom. The Hall–Kier alpha value is -3.03. The van der Waals surface area contributed by atoms with Crippen LogP contribution in [0, 0.1) is 17.0 Å². The van der Waals surface area contributed by atoms with Crippen LogP contribution in [0.1, 0.15) is 23.0 Å². The van der Waals surface area contributed by atoms with Crippen molar-refractivity contribution in [3.63, 3.8) is 0 Å². The molecule has 1 aromatic heterocycles. The minimum absolute atomic E-state index is 0.102. The van der Waals surface area contributed by atoms with Gasteiger partial charge in [0.25, 0.3) is 0 Å². The molecule has 0 saturated heterocycles. The second kappa shape index (κ2) is 6.17. The quantitative estimate of drug-likeness (QED) is 0.516. The van der Waals surface area contributed by atoms with Crippen molar-refractivity contribution in [2.24, 2.45) is 0 Å². The molecule has 1 N–H and O–H groups in total. The van der Waals surface area contributed by atoms with Crippen molar-refractivity contribution in [2.45, 2.75) is 20.4 Å². The van der Waals surface area contributed by atoms with Gasteiger partial charge in [0.15, 0.2) is 5.78 Å². The van der Waals surface area contributed by atoms with Crippen LogP contribution >= 0.6 is 0 Å². The summed E-state index contributed by atoms with van der Waals surface area (Å²) in [4.78, 5) is 33.3. The van der Waals surface area contributed by atoms with Gasteiger partial charge in [0.05, 0.1) is 16.9 Å². The predicted molar refractivity (Wildman–Crippen MR) is 78.7 cm³/mol. The molecule has 0 fully saturated rings. The number of nitrogens with one attached hydrogen (secondary N) is 1. The van der Waals surface area contributed by atoms with Crippen molar-refractivity contribution in [3.05, 3.63) is 51.7 Å². The largest absolute Gasteiger partial charge is 0.390 e.